The van der Waals surface area contributed by atoms with Crippen molar-refractivity contribution in [1.29, 1.82) is 5.26 Å². The number of hydrogen-bond acceptors (Lipinski definition) is 5. The molecular formula is C16H15ClN4S. The van der Waals surface area contributed by atoms with Crippen molar-refractivity contribution >= 4 is 40.6 Å². The van der Waals surface area contributed by atoms with Crippen LogP contribution < -0.4 is 10.2 Å². The monoisotopic (exact) mass is 330 g/mol. The highest BCUT2D eigenvalue weighted by Crippen LogP contribution is 2.31. The first-order valence-electron chi connectivity index (χ1n) is 7.03. The van der Waals surface area contributed by atoms with Crippen LogP contribution in [0, 0.1) is 11.3 Å². The van der Waals surface area contributed by atoms with E-state index in [1.54, 1.807) is 12.1 Å². The van der Waals surface area contributed by atoms with Crippen molar-refractivity contribution in [2.45, 2.75) is 0 Å². The van der Waals surface area contributed by atoms with Crippen LogP contribution in [0.1, 0.15) is 5.69 Å². The van der Waals surface area contributed by atoms with Gasteiger partial charge in [0, 0.05) is 30.3 Å². The van der Waals surface area contributed by atoms with Crippen LogP contribution in [-0.2, 0) is 0 Å². The Morgan fingerprint density at radius 3 is 2.77 bits per heavy atom. The molecule has 1 fully saturated rings. The van der Waals surface area contributed by atoms with Crippen molar-refractivity contribution < 1.29 is 0 Å². The molecule has 0 saturated carbocycles. The number of hydrogen-bond donors (Lipinski definition) is 1. The van der Waals surface area contributed by atoms with E-state index in [4.69, 9.17) is 16.9 Å². The summed E-state index contributed by atoms with van der Waals surface area (Å²) >= 11 is 8.40. The van der Waals surface area contributed by atoms with Crippen LogP contribution in [0.15, 0.2) is 36.4 Å². The minimum atomic E-state index is 0.388. The Bertz CT molecular complexity index is 708. The molecule has 3 rings (SSSR count). The van der Waals surface area contributed by atoms with E-state index in [1.807, 2.05) is 42.1 Å². The molecule has 4 nitrogen and oxygen atoms in total. The number of thioether (sulfide) groups is 1. The average molecular weight is 331 g/mol. The lowest BCUT2D eigenvalue weighted by Gasteiger charge is -2.29. The first kappa shape index (κ1) is 15.0. The number of pyridine rings is 1. The molecule has 2 aromatic rings. The fourth-order valence-electron chi connectivity index (χ4n) is 2.36. The molecule has 1 aliphatic heterocycles. The summed E-state index contributed by atoms with van der Waals surface area (Å²) in [6.45, 7) is 2.06. The van der Waals surface area contributed by atoms with Crippen molar-refractivity contribution in [3.05, 3.63) is 47.1 Å². The Kier molecular flexibility index (Phi) is 4.71. The largest absolute Gasteiger partial charge is 0.369 e. The van der Waals surface area contributed by atoms with Crippen molar-refractivity contribution in [3.63, 3.8) is 0 Å². The molecule has 1 aromatic carbocycles. The summed E-state index contributed by atoms with van der Waals surface area (Å²) in [5, 5.41) is 12.8. The van der Waals surface area contributed by atoms with E-state index < -0.39 is 0 Å². The van der Waals surface area contributed by atoms with Gasteiger partial charge in [0.25, 0.3) is 0 Å². The van der Waals surface area contributed by atoms with Crippen molar-refractivity contribution in [2.24, 2.45) is 0 Å². The molecule has 0 spiro atoms. The van der Waals surface area contributed by atoms with E-state index in [0.29, 0.717) is 11.5 Å². The van der Waals surface area contributed by atoms with Crippen LogP contribution in [0.3, 0.4) is 0 Å². The molecule has 22 heavy (non-hydrogen) atoms. The second-order valence-electron chi connectivity index (χ2n) is 4.91. The molecule has 0 radical (unpaired) electrons. The second kappa shape index (κ2) is 6.91. The van der Waals surface area contributed by atoms with Crippen LogP contribution in [0.4, 0.5) is 17.2 Å². The van der Waals surface area contributed by atoms with Gasteiger partial charge in [-0.3, -0.25) is 0 Å². The van der Waals surface area contributed by atoms with E-state index in [1.165, 1.54) is 0 Å². The number of halogens is 1. The molecule has 0 amide bonds. The smallest absolute Gasteiger partial charge is 0.142 e. The molecule has 1 aromatic heterocycles. The predicted molar refractivity (Wildman–Crippen MR) is 93.2 cm³/mol. The maximum absolute atomic E-state index is 8.88. The van der Waals surface area contributed by atoms with E-state index in [9.17, 15) is 0 Å². The zero-order valence-corrected chi connectivity index (χ0v) is 13.5. The van der Waals surface area contributed by atoms with Gasteiger partial charge in [0.1, 0.15) is 17.6 Å². The number of benzene rings is 1. The molecule has 0 bridgehead atoms. The number of anilines is 3. The molecule has 1 N–H and O–H groups in total. The second-order valence-corrected chi connectivity index (χ2v) is 6.54. The molecule has 112 valence electrons. The van der Waals surface area contributed by atoms with Gasteiger partial charge in [-0.1, -0.05) is 17.7 Å². The van der Waals surface area contributed by atoms with Gasteiger partial charge in [0.15, 0.2) is 0 Å². The van der Waals surface area contributed by atoms with E-state index in [-0.39, 0.29) is 0 Å². The van der Waals surface area contributed by atoms with Gasteiger partial charge >= 0.3 is 0 Å². The Balaban J connectivity index is 1.78. The standard InChI is InChI=1S/C16H15ClN4S/c17-14-10-12(19-16-3-1-2-13(11-18)20-16)4-5-15(14)21-6-8-22-9-7-21/h1-5,10H,6-9H2,(H,19,20). The maximum Gasteiger partial charge on any atom is 0.142 e. The molecular weight excluding hydrogens is 316 g/mol. The Morgan fingerprint density at radius 2 is 2.05 bits per heavy atom. The number of aromatic nitrogens is 1. The molecule has 1 saturated heterocycles. The topological polar surface area (TPSA) is 52.0 Å². The van der Waals surface area contributed by atoms with Crippen LogP contribution in [-0.4, -0.2) is 29.6 Å². The normalized spacial score (nSPS) is 14.5. The third kappa shape index (κ3) is 3.46. The highest BCUT2D eigenvalue weighted by molar-refractivity contribution is 7.99. The third-order valence-corrected chi connectivity index (χ3v) is 4.68. The average Bonchev–Trinajstić information content (AvgIpc) is 2.56. The van der Waals surface area contributed by atoms with Gasteiger partial charge in [0.05, 0.1) is 10.7 Å². The fraction of sp³-hybridized carbons (Fsp3) is 0.250. The zero-order chi connectivity index (χ0) is 15.4. The Morgan fingerprint density at radius 1 is 1.23 bits per heavy atom. The summed E-state index contributed by atoms with van der Waals surface area (Å²) in [5.74, 6) is 2.92. The highest BCUT2D eigenvalue weighted by atomic mass is 35.5. The van der Waals surface area contributed by atoms with Crippen molar-refractivity contribution in [3.8, 4) is 6.07 Å². The fourth-order valence-corrected chi connectivity index (χ4v) is 3.56. The molecule has 0 aliphatic carbocycles. The number of nitrogens with one attached hydrogen (secondary N) is 1. The molecule has 6 heteroatoms. The quantitative estimate of drug-likeness (QED) is 0.924. The minimum Gasteiger partial charge on any atom is -0.369 e. The third-order valence-electron chi connectivity index (χ3n) is 3.44. The summed E-state index contributed by atoms with van der Waals surface area (Å²) in [4.78, 5) is 6.52. The number of nitrogens with zero attached hydrogens (tertiary/aromatic N) is 3. The first-order chi connectivity index (χ1) is 10.8. The van der Waals surface area contributed by atoms with Crippen LogP contribution >= 0.6 is 23.4 Å². The summed E-state index contributed by atoms with van der Waals surface area (Å²) in [7, 11) is 0. The van der Waals surface area contributed by atoms with Gasteiger partial charge in [-0.25, -0.2) is 4.98 Å². The molecule has 0 atom stereocenters. The lowest BCUT2D eigenvalue weighted by Crippen LogP contribution is -2.32. The minimum absolute atomic E-state index is 0.388. The first-order valence-corrected chi connectivity index (χ1v) is 8.56. The van der Waals surface area contributed by atoms with Gasteiger partial charge in [-0.2, -0.15) is 17.0 Å². The van der Waals surface area contributed by atoms with Gasteiger partial charge in [-0.05, 0) is 30.3 Å². The van der Waals surface area contributed by atoms with Crippen molar-refractivity contribution in [2.75, 3.05) is 34.8 Å². The summed E-state index contributed by atoms with van der Waals surface area (Å²) in [6, 6.07) is 13.3. The summed E-state index contributed by atoms with van der Waals surface area (Å²) in [5.41, 5.74) is 2.33. The zero-order valence-electron chi connectivity index (χ0n) is 11.9. The van der Waals surface area contributed by atoms with Crippen molar-refractivity contribution in [1.82, 2.24) is 4.98 Å². The van der Waals surface area contributed by atoms with Crippen LogP contribution in [0.5, 0.6) is 0 Å². The van der Waals surface area contributed by atoms with E-state index in [0.717, 1.165) is 41.0 Å². The van der Waals surface area contributed by atoms with Gasteiger partial charge < -0.3 is 10.2 Å². The van der Waals surface area contributed by atoms with E-state index in [2.05, 4.69) is 15.2 Å². The lowest BCUT2D eigenvalue weighted by atomic mass is 10.2. The molecule has 0 unspecified atom stereocenters. The Labute approximate surface area is 139 Å². The Hall–Kier alpha value is -1.90. The number of rotatable bonds is 3. The van der Waals surface area contributed by atoms with Crippen LogP contribution in [0.25, 0.3) is 0 Å². The highest BCUT2D eigenvalue weighted by Gasteiger charge is 2.14. The summed E-state index contributed by atoms with van der Waals surface area (Å²) < 4.78 is 0. The van der Waals surface area contributed by atoms with E-state index >= 15 is 0 Å². The van der Waals surface area contributed by atoms with Crippen LogP contribution in [0.2, 0.25) is 5.02 Å². The predicted octanol–water partition coefficient (Wildman–Crippen LogP) is 3.90. The molecule has 2 heterocycles. The SMILES string of the molecule is N#Cc1cccc(Nc2ccc(N3CCSCC3)c(Cl)c2)n1. The number of nitriles is 1. The molecule has 1 aliphatic rings. The van der Waals surface area contributed by atoms with Gasteiger partial charge in [0.2, 0.25) is 0 Å². The lowest BCUT2D eigenvalue weighted by molar-refractivity contribution is 0.859. The van der Waals surface area contributed by atoms with Gasteiger partial charge in [-0.15, -0.1) is 0 Å². The maximum atomic E-state index is 8.88. The summed E-state index contributed by atoms with van der Waals surface area (Å²) in [6.07, 6.45) is 0.